The van der Waals surface area contributed by atoms with E-state index in [0.717, 1.165) is 49.3 Å². The summed E-state index contributed by atoms with van der Waals surface area (Å²) in [5, 5.41) is 8.65. The van der Waals surface area contributed by atoms with Crippen LogP contribution in [-0.4, -0.2) is 59.3 Å². The van der Waals surface area contributed by atoms with Gasteiger partial charge in [0.1, 0.15) is 17.9 Å². The summed E-state index contributed by atoms with van der Waals surface area (Å²) in [7, 11) is 0. The first kappa shape index (κ1) is 22.7. The van der Waals surface area contributed by atoms with E-state index in [2.05, 4.69) is 73.7 Å². The molecule has 3 aromatic heterocycles. The van der Waals surface area contributed by atoms with Crippen molar-refractivity contribution in [3.05, 3.63) is 72.9 Å². The van der Waals surface area contributed by atoms with E-state index in [1.54, 1.807) is 16.8 Å². The zero-order valence-corrected chi connectivity index (χ0v) is 20.9. The van der Waals surface area contributed by atoms with E-state index in [1.807, 2.05) is 12.1 Å². The Morgan fingerprint density at radius 2 is 1.82 bits per heavy atom. The third kappa shape index (κ3) is 4.19. The number of benzene rings is 2. The lowest BCUT2D eigenvalue weighted by Crippen LogP contribution is -2.46. The Kier molecular flexibility index (Phi) is 5.61. The van der Waals surface area contributed by atoms with Crippen LogP contribution in [-0.2, 0) is 4.79 Å². The molecule has 5 heterocycles. The molecule has 0 bridgehead atoms. The SMILES string of the molecule is O=C1CCC(COc2ccc3ncc(-c4cc5c(N6CCN(c7ccccc7)CC6)cccc5o4)n3n2)N1. The maximum absolute atomic E-state index is 11.5. The molecule has 7 rings (SSSR count). The van der Waals surface area contributed by atoms with Gasteiger partial charge in [0.15, 0.2) is 11.4 Å². The number of hydrogen-bond donors (Lipinski definition) is 1. The number of fused-ring (bicyclic) bond motifs is 2. The summed E-state index contributed by atoms with van der Waals surface area (Å²) in [6.45, 7) is 4.20. The van der Waals surface area contributed by atoms with Gasteiger partial charge in [0.25, 0.3) is 0 Å². The molecule has 0 spiro atoms. The van der Waals surface area contributed by atoms with Crippen molar-refractivity contribution in [3.63, 3.8) is 0 Å². The minimum absolute atomic E-state index is 0.0191. The van der Waals surface area contributed by atoms with Crippen molar-refractivity contribution in [1.82, 2.24) is 19.9 Å². The topological polar surface area (TPSA) is 88.1 Å². The third-order valence-electron chi connectivity index (χ3n) is 7.39. The number of nitrogens with one attached hydrogen (secondary N) is 1. The van der Waals surface area contributed by atoms with Crippen molar-refractivity contribution in [2.24, 2.45) is 0 Å². The molecule has 38 heavy (non-hydrogen) atoms. The molecule has 5 aromatic rings. The summed E-state index contributed by atoms with van der Waals surface area (Å²) >= 11 is 0. The molecule has 9 nitrogen and oxygen atoms in total. The predicted molar refractivity (Wildman–Crippen MR) is 146 cm³/mol. The van der Waals surface area contributed by atoms with Gasteiger partial charge in [0.05, 0.1) is 12.2 Å². The Balaban J connectivity index is 1.13. The molecule has 0 aliphatic carbocycles. The summed E-state index contributed by atoms with van der Waals surface area (Å²) in [6, 6.07) is 22.6. The van der Waals surface area contributed by atoms with Crippen LogP contribution in [0.4, 0.5) is 11.4 Å². The van der Waals surface area contributed by atoms with Crippen molar-refractivity contribution < 1.29 is 13.9 Å². The number of carbonyl (C=O) groups is 1. The Morgan fingerprint density at radius 1 is 0.974 bits per heavy atom. The van der Waals surface area contributed by atoms with Crippen molar-refractivity contribution >= 4 is 33.9 Å². The van der Waals surface area contributed by atoms with Crippen molar-refractivity contribution in [1.29, 1.82) is 0 Å². The van der Waals surface area contributed by atoms with Crippen LogP contribution in [0.2, 0.25) is 0 Å². The predicted octanol–water partition coefficient (Wildman–Crippen LogP) is 4.13. The Hall–Kier alpha value is -4.53. The average Bonchev–Trinajstić information content (AvgIpc) is 3.70. The zero-order valence-electron chi connectivity index (χ0n) is 20.9. The summed E-state index contributed by atoms with van der Waals surface area (Å²) < 4.78 is 13.9. The third-order valence-corrected chi connectivity index (χ3v) is 7.39. The molecule has 9 heteroatoms. The molecule has 1 atom stereocenters. The number of anilines is 2. The van der Waals surface area contributed by atoms with E-state index in [1.165, 1.54) is 11.4 Å². The minimum Gasteiger partial charge on any atom is -0.474 e. The van der Waals surface area contributed by atoms with E-state index in [4.69, 9.17) is 9.15 Å². The lowest BCUT2D eigenvalue weighted by atomic mass is 10.1. The largest absolute Gasteiger partial charge is 0.474 e. The first-order chi connectivity index (χ1) is 18.7. The number of furan rings is 1. The highest BCUT2D eigenvalue weighted by molar-refractivity contribution is 5.94. The van der Waals surface area contributed by atoms with Crippen LogP contribution in [0.5, 0.6) is 5.88 Å². The number of hydrogen-bond acceptors (Lipinski definition) is 7. The molecule has 2 aromatic carbocycles. The van der Waals surface area contributed by atoms with E-state index in [9.17, 15) is 4.79 Å². The van der Waals surface area contributed by atoms with Gasteiger partial charge < -0.3 is 24.3 Å². The molecule has 0 radical (unpaired) electrons. The normalized spacial score (nSPS) is 17.9. The van der Waals surface area contributed by atoms with Crippen LogP contribution in [0, 0.1) is 0 Å². The number of rotatable bonds is 6. The molecule has 0 saturated carbocycles. The smallest absolute Gasteiger partial charge is 0.231 e. The van der Waals surface area contributed by atoms with Gasteiger partial charge >= 0.3 is 0 Å². The highest BCUT2D eigenvalue weighted by Crippen LogP contribution is 2.35. The summed E-state index contributed by atoms with van der Waals surface area (Å²) in [6.07, 6.45) is 3.10. The first-order valence-electron chi connectivity index (χ1n) is 13.1. The number of para-hydroxylation sites is 1. The highest BCUT2D eigenvalue weighted by Gasteiger charge is 2.23. The number of nitrogens with zero attached hydrogens (tertiary/aromatic N) is 5. The van der Waals surface area contributed by atoms with Gasteiger partial charge in [-0.2, -0.15) is 0 Å². The van der Waals surface area contributed by atoms with E-state index >= 15 is 0 Å². The Labute approximate surface area is 219 Å². The van der Waals surface area contributed by atoms with E-state index in [0.29, 0.717) is 30.3 Å². The highest BCUT2D eigenvalue weighted by atomic mass is 16.5. The maximum atomic E-state index is 11.5. The summed E-state index contributed by atoms with van der Waals surface area (Å²) in [5.74, 6) is 1.25. The fourth-order valence-corrected chi connectivity index (χ4v) is 5.38. The molecule has 1 N–H and O–H groups in total. The van der Waals surface area contributed by atoms with Crippen LogP contribution in [0.25, 0.3) is 28.1 Å². The second-order valence-electron chi connectivity index (χ2n) is 9.81. The van der Waals surface area contributed by atoms with Crippen LogP contribution >= 0.6 is 0 Å². The Bertz CT molecular complexity index is 1600. The monoisotopic (exact) mass is 508 g/mol. The number of piperazine rings is 1. The van der Waals surface area contributed by atoms with Gasteiger partial charge in [-0.3, -0.25) is 4.79 Å². The first-order valence-corrected chi connectivity index (χ1v) is 13.1. The molecule has 2 aliphatic rings. The van der Waals surface area contributed by atoms with Gasteiger partial charge in [-0.1, -0.05) is 24.3 Å². The zero-order chi connectivity index (χ0) is 25.5. The van der Waals surface area contributed by atoms with Crippen LogP contribution in [0.15, 0.2) is 77.3 Å². The van der Waals surface area contributed by atoms with Gasteiger partial charge in [0, 0.05) is 55.4 Å². The maximum Gasteiger partial charge on any atom is 0.231 e. The van der Waals surface area contributed by atoms with E-state index in [-0.39, 0.29) is 11.9 Å². The number of amides is 1. The van der Waals surface area contributed by atoms with Crippen LogP contribution in [0.1, 0.15) is 12.8 Å². The minimum atomic E-state index is 0.0191. The molecule has 2 aliphatic heterocycles. The number of aromatic nitrogens is 3. The lowest BCUT2D eigenvalue weighted by Gasteiger charge is -2.37. The van der Waals surface area contributed by atoms with E-state index < -0.39 is 0 Å². The number of imidazole rings is 1. The number of ether oxygens (including phenoxy) is 1. The number of carbonyl (C=O) groups excluding carboxylic acids is 1. The lowest BCUT2D eigenvalue weighted by molar-refractivity contribution is -0.119. The second kappa shape index (κ2) is 9.41. The van der Waals surface area contributed by atoms with Gasteiger partial charge in [-0.05, 0) is 42.8 Å². The van der Waals surface area contributed by atoms with Crippen molar-refractivity contribution in [2.75, 3.05) is 42.6 Å². The fourth-order valence-electron chi connectivity index (χ4n) is 5.38. The van der Waals surface area contributed by atoms with Gasteiger partial charge in [-0.25, -0.2) is 9.50 Å². The van der Waals surface area contributed by atoms with Gasteiger partial charge in [0.2, 0.25) is 11.8 Å². The van der Waals surface area contributed by atoms with Crippen LogP contribution in [0.3, 0.4) is 0 Å². The van der Waals surface area contributed by atoms with Gasteiger partial charge in [-0.15, -0.1) is 5.10 Å². The van der Waals surface area contributed by atoms with Crippen molar-refractivity contribution in [2.45, 2.75) is 18.9 Å². The van der Waals surface area contributed by atoms with Crippen LogP contribution < -0.4 is 19.9 Å². The molecular weight excluding hydrogens is 480 g/mol. The standard InChI is InChI=1S/C29H28N6O3/c36-28-11-9-20(31-28)19-37-29-12-10-27-30-18-24(35(27)32-29)26-17-22-23(7-4-8-25(22)38-26)34-15-13-33(14-16-34)21-5-2-1-3-6-21/h1-8,10,12,17-18,20H,9,11,13-16,19H2,(H,31,36). The molecule has 2 saturated heterocycles. The quantitative estimate of drug-likeness (QED) is 0.369. The fraction of sp³-hybridized carbons (Fsp3) is 0.276. The summed E-state index contributed by atoms with van der Waals surface area (Å²) in [5.41, 5.74) is 4.75. The molecular formula is C29H28N6O3. The average molecular weight is 509 g/mol. The molecule has 192 valence electrons. The second-order valence-corrected chi connectivity index (χ2v) is 9.81. The summed E-state index contributed by atoms with van der Waals surface area (Å²) in [4.78, 5) is 20.8. The molecule has 2 fully saturated rings. The van der Waals surface area contributed by atoms with Crippen molar-refractivity contribution in [3.8, 4) is 17.3 Å². The molecule has 1 amide bonds. The molecule has 1 unspecified atom stereocenters. The Morgan fingerprint density at radius 3 is 2.63 bits per heavy atom.